The number of benzene rings is 1. The SMILES string of the molecule is COC(=O)c1ccc(CN(Cc2ccc(Br)cn2)[SH](=O)=O)cc1. The largest absolute Gasteiger partial charge is 0.465 e. The van der Waals surface area contributed by atoms with Crippen molar-refractivity contribution in [3.63, 3.8) is 0 Å². The number of thiol groups is 1. The smallest absolute Gasteiger partial charge is 0.337 e. The Kier molecular flexibility index (Phi) is 6.26. The molecule has 23 heavy (non-hydrogen) atoms. The summed E-state index contributed by atoms with van der Waals surface area (Å²) in [7, 11) is -1.44. The molecule has 6 nitrogen and oxygen atoms in total. The lowest BCUT2D eigenvalue weighted by Gasteiger charge is -2.15. The normalized spacial score (nSPS) is 11.0. The van der Waals surface area contributed by atoms with E-state index in [0.717, 1.165) is 10.0 Å². The summed E-state index contributed by atoms with van der Waals surface area (Å²) < 4.78 is 29.6. The highest BCUT2D eigenvalue weighted by Gasteiger charge is 2.11. The van der Waals surface area contributed by atoms with Gasteiger partial charge in [0.2, 0.25) is 10.9 Å². The van der Waals surface area contributed by atoms with Crippen molar-refractivity contribution >= 4 is 32.8 Å². The van der Waals surface area contributed by atoms with Crippen molar-refractivity contribution in [2.75, 3.05) is 7.11 Å². The molecule has 1 heterocycles. The molecule has 0 amide bonds. The van der Waals surface area contributed by atoms with E-state index >= 15 is 0 Å². The molecule has 0 atom stereocenters. The molecule has 0 aliphatic carbocycles. The summed E-state index contributed by atoms with van der Waals surface area (Å²) in [6.45, 7) is 0.392. The topological polar surface area (TPSA) is 76.6 Å². The molecule has 0 saturated heterocycles. The number of rotatable bonds is 6. The monoisotopic (exact) mass is 398 g/mol. The second-order valence-electron chi connectivity index (χ2n) is 4.72. The fourth-order valence-corrected chi connectivity index (χ4v) is 2.71. The molecule has 0 bridgehead atoms. The highest BCUT2D eigenvalue weighted by molar-refractivity contribution is 9.10. The van der Waals surface area contributed by atoms with Crippen molar-refractivity contribution in [2.45, 2.75) is 13.1 Å². The maximum atomic E-state index is 11.4. The van der Waals surface area contributed by atoms with Gasteiger partial charge in [0.1, 0.15) is 0 Å². The van der Waals surface area contributed by atoms with Gasteiger partial charge in [-0.05, 0) is 45.8 Å². The van der Waals surface area contributed by atoms with Crippen molar-refractivity contribution < 1.29 is 17.9 Å². The minimum atomic E-state index is -2.75. The molecule has 2 aromatic rings. The zero-order valence-electron chi connectivity index (χ0n) is 12.3. The van der Waals surface area contributed by atoms with Gasteiger partial charge in [-0.15, -0.1) is 0 Å². The lowest BCUT2D eigenvalue weighted by Crippen LogP contribution is -2.21. The van der Waals surface area contributed by atoms with E-state index in [-0.39, 0.29) is 13.1 Å². The highest BCUT2D eigenvalue weighted by atomic mass is 79.9. The lowest BCUT2D eigenvalue weighted by molar-refractivity contribution is 0.0600. The second-order valence-corrected chi connectivity index (χ2v) is 6.67. The Bertz CT molecular complexity index is 737. The van der Waals surface area contributed by atoms with E-state index in [1.165, 1.54) is 11.4 Å². The summed E-state index contributed by atoms with van der Waals surface area (Å²) in [6.07, 6.45) is 1.62. The first-order valence-electron chi connectivity index (χ1n) is 6.66. The van der Waals surface area contributed by atoms with Crippen LogP contribution in [0.5, 0.6) is 0 Å². The Morgan fingerprint density at radius 2 is 1.87 bits per heavy atom. The van der Waals surface area contributed by atoms with E-state index in [0.29, 0.717) is 11.3 Å². The average molecular weight is 399 g/mol. The fraction of sp³-hybridized carbons (Fsp3) is 0.200. The van der Waals surface area contributed by atoms with E-state index in [1.54, 1.807) is 36.5 Å². The predicted molar refractivity (Wildman–Crippen MR) is 89.3 cm³/mol. The zero-order valence-corrected chi connectivity index (χ0v) is 14.8. The molecule has 0 radical (unpaired) electrons. The standard InChI is InChI=1S/C15H15BrN2O4S/c1-22-15(19)12-4-2-11(3-5-12)9-18(23(20)21)10-14-7-6-13(16)8-17-14/h2-8,23H,9-10H2,1H3. The third-order valence-electron chi connectivity index (χ3n) is 3.10. The number of carbonyl (C=O) groups excluding carboxylic acids is 1. The minimum Gasteiger partial charge on any atom is -0.465 e. The molecule has 0 spiro atoms. The van der Waals surface area contributed by atoms with Crippen LogP contribution in [0.1, 0.15) is 21.6 Å². The van der Waals surface area contributed by atoms with Crippen LogP contribution in [0.4, 0.5) is 0 Å². The third-order valence-corrected chi connectivity index (χ3v) is 4.32. The van der Waals surface area contributed by atoms with Crippen molar-refractivity contribution in [1.29, 1.82) is 0 Å². The van der Waals surface area contributed by atoms with E-state index < -0.39 is 16.9 Å². The molecule has 1 aromatic carbocycles. The Morgan fingerprint density at radius 3 is 2.39 bits per heavy atom. The van der Waals surface area contributed by atoms with Crippen molar-refractivity contribution in [3.8, 4) is 0 Å². The lowest BCUT2D eigenvalue weighted by atomic mass is 10.1. The van der Waals surface area contributed by atoms with E-state index in [1.807, 2.05) is 6.07 Å². The Labute approximate surface area is 144 Å². The van der Waals surface area contributed by atoms with Crippen LogP contribution < -0.4 is 0 Å². The van der Waals surface area contributed by atoms with E-state index in [4.69, 9.17) is 0 Å². The van der Waals surface area contributed by atoms with Crippen LogP contribution >= 0.6 is 15.9 Å². The number of esters is 1. The first-order chi connectivity index (χ1) is 11.0. The van der Waals surface area contributed by atoms with Crippen LogP contribution in [0.3, 0.4) is 0 Å². The number of aromatic nitrogens is 1. The van der Waals surface area contributed by atoms with Crippen LogP contribution in [-0.4, -0.2) is 30.8 Å². The molecule has 0 fully saturated rings. The first kappa shape index (κ1) is 17.6. The van der Waals surface area contributed by atoms with Gasteiger partial charge in [-0.25, -0.2) is 13.2 Å². The van der Waals surface area contributed by atoms with Gasteiger partial charge in [0.05, 0.1) is 24.9 Å². The average Bonchev–Trinajstić information content (AvgIpc) is 2.56. The number of hydrogen-bond donors (Lipinski definition) is 1. The van der Waals surface area contributed by atoms with Gasteiger partial charge in [-0.1, -0.05) is 12.1 Å². The van der Waals surface area contributed by atoms with Crippen molar-refractivity contribution in [2.24, 2.45) is 0 Å². The second kappa shape index (κ2) is 8.19. The van der Waals surface area contributed by atoms with Gasteiger partial charge in [0, 0.05) is 17.2 Å². The van der Waals surface area contributed by atoms with Crippen LogP contribution in [0, 0.1) is 0 Å². The first-order valence-corrected chi connectivity index (χ1v) is 8.59. The molecule has 2 rings (SSSR count). The van der Waals surface area contributed by atoms with Crippen molar-refractivity contribution in [1.82, 2.24) is 9.29 Å². The van der Waals surface area contributed by atoms with Gasteiger partial charge >= 0.3 is 5.97 Å². The van der Waals surface area contributed by atoms with Gasteiger partial charge in [-0.2, -0.15) is 4.31 Å². The maximum Gasteiger partial charge on any atom is 0.337 e. The summed E-state index contributed by atoms with van der Waals surface area (Å²) in [5.74, 6) is -0.428. The number of halogens is 1. The summed E-state index contributed by atoms with van der Waals surface area (Å²) in [5.41, 5.74) is 1.84. The van der Waals surface area contributed by atoms with Crippen LogP contribution in [-0.2, 0) is 28.7 Å². The highest BCUT2D eigenvalue weighted by Crippen LogP contribution is 2.13. The summed E-state index contributed by atoms with van der Waals surface area (Å²) >= 11 is 3.29. The molecule has 0 unspecified atom stereocenters. The number of nitrogens with zero attached hydrogens (tertiary/aromatic N) is 2. The maximum absolute atomic E-state index is 11.4. The number of hydrogen-bond acceptors (Lipinski definition) is 5. The number of ether oxygens (including phenoxy) is 1. The van der Waals surface area contributed by atoms with Crippen LogP contribution in [0.15, 0.2) is 47.1 Å². The molecule has 0 aliphatic rings. The predicted octanol–water partition coefficient (Wildman–Crippen LogP) is 2.16. The number of carbonyl (C=O) groups is 1. The van der Waals surface area contributed by atoms with E-state index in [2.05, 4.69) is 25.7 Å². The molecular formula is C15H15BrN2O4S. The fourth-order valence-electron chi connectivity index (χ4n) is 1.93. The number of pyridine rings is 1. The third kappa shape index (κ3) is 5.12. The van der Waals surface area contributed by atoms with Gasteiger partial charge in [0.15, 0.2) is 0 Å². The molecular weight excluding hydrogens is 384 g/mol. The van der Waals surface area contributed by atoms with Crippen molar-refractivity contribution in [3.05, 3.63) is 63.9 Å². The molecule has 0 saturated carbocycles. The molecule has 0 aliphatic heterocycles. The number of methoxy groups -OCH3 is 1. The van der Waals surface area contributed by atoms with Gasteiger partial charge < -0.3 is 4.74 Å². The van der Waals surface area contributed by atoms with Gasteiger partial charge in [-0.3, -0.25) is 4.98 Å². The molecule has 1 aromatic heterocycles. The summed E-state index contributed by atoms with van der Waals surface area (Å²) in [5, 5.41) is 0. The Balaban J connectivity index is 2.10. The minimum absolute atomic E-state index is 0.185. The Morgan fingerprint density at radius 1 is 1.17 bits per heavy atom. The van der Waals surface area contributed by atoms with Crippen LogP contribution in [0.25, 0.3) is 0 Å². The quantitative estimate of drug-likeness (QED) is 0.595. The van der Waals surface area contributed by atoms with Gasteiger partial charge in [0.25, 0.3) is 0 Å². The molecule has 8 heteroatoms. The Hall–Kier alpha value is -1.77. The summed E-state index contributed by atoms with van der Waals surface area (Å²) in [4.78, 5) is 15.6. The molecule has 0 N–H and O–H groups in total. The molecule has 122 valence electrons. The van der Waals surface area contributed by atoms with E-state index in [9.17, 15) is 13.2 Å². The zero-order chi connectivity index (χ0) is 16.8. The van der Waals surface area contributed by atoms with Crippen LogP contribution in [0.2, 0.25) is 0 Å². The summed E-state index contributed by atoms with van der Waals surface area (Å²) in [6, 6.07) is 10.2.